The Labute approximate surface area is 178 Å². The average Bonchev–Trinajstić information content (AvgIpc) is 3.25. The maximum absolute atomic E-state index is 13.1. The van der Waals surface area contributed by atoms with E-state index in [1.807, 2.05) is 35.4 Å². The molecule has 31 heavy (non-hydrogen) atoms. The molecule has 1 aliphatic heterocycles. The Morgan fingerprint density at radius 3 is 2.65 bits per heavy atom. The molecule has 3 aromatic rings. The van der Waals surface area contributed by atoms with Crippen LogP contribution in [0.2, 0.25) is 0 Å². The maximum Gasteiger partial charge on any atom is 0.271 e. The molecule has 3 heterocycles. The summed E-state index contributed by atoms with van der Waals surface area (Å²) in [5, 5.41) is 11.1. The standard InChI is InChI=1S/C22H24N6O3/c1-12(29)27-10-15-16(11-27)20(15)25-22(31)19-8-18(21(30)23-2)26-28(19)9-13-4-3-5-17-14(13)6-7-24-17/h3-8,15-16,20,24H,9-11H2,1-2H3,(H,23,30)(H,25,31)/t15-,16+,20?. The largest absolute Gasteiger partial charge is 0.361 e. The van der Waals surface area contributed by atoms with Crippen LogP contribution in [0, 0.1) is 11.8 Å². The number of carbonyl (C=O) groups excluding carboxylic acids is 3. The molecule has 5 rings (SSSR count). The second-order valence-corrected chi connectivity index (χ2v) is 8.26. The van der Waals surface area contributed by atoms with Crippen LogP contribution in [0.4, 0.5) is 0 Å². The van der Waals surface area contributed by atoms with Crippen LogP contribution in [-0.4, -0.2) is 63.6 Å². The molecule has 0 radical (unpaired) electrons. The first-order valence-electron chi connectivity index (χ1n) is 10.4. The monoisotopic (exact) mass is 420 g/mol. The van der Waals surface area contributed by atoms with Crippen molar-refractivity contribution in [3.63, 3.8) is 0 Å². The molecule has 2 fully saturated rings. The van der Waals surface area contributed by atoms with E-state index in [-0.39, 0.29) is 29.5 Å². The van der Waals surface area contributed by atoms with Gasteiger partial charge in [0.1, 0.15) is 5.69 Å². The zero-order valence-electron chi connectivity index (χ0n) is 17.4. The number of fused-ring (bicyclic) bond motifs is 2. The summed E-state index contributed by atoms with van der Waals surface area (Å²) in [5.74, 6) is 0.0858. The topological polar surface area (TPSA) is 112 Å². The van der Waals surface area contributed by atoms with Crippen LogP contribution in [0.5, 0.6) is 0 Å². The van der Waals surface area contributed by atoms with Gasteiger partial charge in [-0.25, -0.2) is 0 Å². The molecule has 3 atom stereocenters. The van der Waals surface area contributed by atoms with Crippen molar-refractivity contribution in [3.05, 3.63) is 53.5 Å². The third kappa shape index (κ3) is 3.35. The van der Waals surface area contributed by atoms with E-state index in [0.29, 0.717) is 37.2 Å². The van der Waals surface area contributed by atoms with Gasteiger partial charge in [0.2, 0.25) is 5.91 Å². The van der Waals surface area contributed by atoms with Crippen molar-refractivity contribution in [2.75, 3.05) is 20.1 Å². The third-order valence-corrected chi connectivity index (χ3v) is 6.41. The molecule has 9 heteroatoms. The first kappa shape index (κ1) is 19.3. The van der Waals surface area contributed by atoms with Gasteiger partial charge in [0.05, 0.1) is 6.54 Å². The molecule has 0 spiro atoms. The maximum atomic E-state index is 13.1. The van der Waals surface area contributed by atoms with E-state index in [4.69, 9.17) is 0 Å². The van der Waals surface area contributed by atoms with E-state index in [2.05, 4.69) is 20.7 Å². The second-order valence-electron chi connectivity index (χ2n) is 8.26. The zero-order chi connectivity index (χ0) is 21.7. The van der Waals surface area contributed by atoms with Gasteiger partial charge >= 0.3 is 0 Å². The summed E-state index contributed by atoms with van der Waals surface area (Å²) < 4.78 is 1.59. The van der Waals surface area contributed by atoms with Crippen molar-refractivity contribution in [2.24, 2.45) is 11.8 Å². The predicted octanol–water partition coefficient (Wildman–Crippen LogP) is 0.979. The molecule has 0 bridgehead atoms. The van der Waals surface area contributed by atoms with E-state index in [9.17, 15) is 14.4 Å². The number of hydrogen-bond donors (Lipinski definition) is 3. The van der Waals surface area contributed by atoms with Gasteiger partial charge in [0.25, 0.3) is 11.8 Å². The number of aromatic nitrogens is 3. The molecule has 3 amide bonds. The average molecular weight is 420 g/mol. The number of carbonyl (C=O) groups is 3. The number of rotatable bonds is 5. The number of H-pyrrole nitrogens is 1. The molecule has 1 aliphatic carbocycles. The van der Waals surface area contributed by atoms with E-state index in [1.54, 1.807) is 11.6 Å². The number of likely N-dealkylation sites (tertiary alicyclic amines) is 1. The summed E-state index contributed by atoms with van der Waals surface area (Å²) in [7, 11) is 1.54. The SMILES string of the molecule is CNC(=O)c1cc(C(=O)NC2[C@H]3CN(C(C)=O)C[C@@H]23)n(Cc2cccc3[nH]ccc23)n1. The van der Waals surface area contributed by atoms with Crippen LogP contribution in [0.15, 0.2) is 36.5 Å². The highest BCUT2D eigenvalue weighted by atomic mass is 16.2. The highest BCUT2D eigenvalue weighted by molar-refractivity contribution is 5.98. The first-order chi connectivity index (χ1) is 15.0. The van der Waals surface area contributed by atoms with Gasteiger partial charge in [-0.15, -0.1) is 0 Å². The Kier molecular flexibility index (Phi) is 4.53. The van der Waals surface area contributed by atoms with Crippen LogP contribution in [0.25, 0.3) is 10.9 Å². The Balaban J connectivity index is 1.38. The quantitative estimate of drug-likeness (QED) is 0.571. The molecule has 1 unspecified atom stereocenters. The molecule has 2 aliphatic rings. The van der Waals surface area contributed by atoms with Gasteiger partial charge in [-0.05, 0) is 17.7 Å². The van der Waals surface area contributed by atoms with E-state index >= 15 is 0 Å². The Bertz CT molecular complexity index is 1180. The third-order valence-electron chi connectivity index (χ3n) is 6.41. The van der Waals surface area contributed by atoms with Gasteiger partial charge in [0.15, 0.2) is 5.69 Å². The summed E-state index contributed by atoms with van der Waals surface area (Å²) in [4.78, 5) is 41.8. The van der Waals surface area contributed by atoms with Crippen LogP contribution < -0.4 is 10.6 Å². The van der Waals surface area contributed by atoms with Crippen LogP contribution >= 0.6 is 0 Å². The lowest BCUT2D eigenvalue weighted by atomic mass is 10.1. The molecule has 2 aromatic heterocycles. The summed E-state index contributed by atoms with van der Waals surface area (Å²) in [5.41, 5.74) is 2.55. The number of benzene rings is 1. The fourth-order valence-electron chi connectivity index (χ4n) is 4.63. The lowest BCUT2D eigenvalue weighted by molar-refractivity contribution is -0.128. The van der Waals surface area contributed by atoms with Crippen molar-refractivity contribution < 1.29 is 14.4 Å². The van der Waals surface area contributed by atoms with Gasteiger partial charge in [0, 0.05) is 68.1 Å². The highest BCUT2D eigenvalue weighted by Gasteiger charge is 2.57. The number of amides is 3. The molecular weight excluding hydrogens is 396 g/mol. The molecule has 1 saturated carbocycles. The van der Waals surface area contributed by atoms with Gasteiger partial charge in [-0.1, -0.05) is 12.1 Å². The smallest absolute Gasteiger partial charge is 0.271 e. The van der Waals surface area contributed by atoms with Crippen LogP contribution in [0.1, 0.15) is 33.5 Å². The fraction of sp³-hybridized carbons (Fsp3) is 0.364. The van der Waals surface area contributed by atoms with E-state index in [1.165, 1.54) is 13.1 Å². The van der Waals surface area contributed by atoms with Crippen LogP contribution in [0.3, 0.4) is 0 Å². The number of nitrogens with zero attached hydrogens (tertiary/aromatic N) is 3. The number of piperidine rings is 1. The summed E-state index contributed by atoms with van der Waals surface area (Å²) in [6.07, 6.45) is 1.87. The van der Waals surface area contributed by atoms with Crippen molar-refractivity contribution in [3.8, 4) is 0 Å². The van der Waals surface area contributed by atoms with Gasteiger partial charge in [-0.3, -0.25) is 19.1 Å². The van der Waals surface area contributed by atoms with Crippen molar-refractivity contribution in [1.29, 1.82) is 0 Å². The molecule has 160 valence electrons. The van der Waals surface area contributed by atoms with Crippen molar-refractivity contribution in [2.45, 2.75) is 19.5 Å². The molecule has 9 nitrogen and oxygen atoms in total. The van der Waals surface area contributed by atoms with Crippen LogP contribution in [-0.2, 0) is 11.3 Å². The number of aromatic amines is 1. The minimum Gasteiger partial charge on any atom is -0.361 e. The Morgan fingerprint density at radius 1 is 1.16 bits per heavy atom. The van der Waals surface area contributed by atoms with Crippen molar-refractivity contribution in [1.82, 2.24) is 30.3 Å². The van der Waals surface area contributed by atoms with E-state index in [0.717, 1.165) is 16.5 Å². The lowest BCUT2D eigenvalue weighted by Gasteiger charge is -2.18. The molecule has 1 aromatic carbocycles. The molecule has 3 N–H and O–H groups in total. The second kappa shape index (κ2) is 7.26. The summed E-state index contributed by atoms with van der Waals surface area (Å²) in [6.45, 7) is 3.30. The minimum absolute atomic E-state index is 0.0583. The summed E-state index contributed by atoms with van der Waals surface area (Å²) in [6, 6.07) is 9.50. The van der Waals surface area contributed by atoms with Crippen molar-refractivity contribution >= 4 is 28.6 Å². The first-order valence-corrected chi connectivity index (χ1v) is 10.4. The minimum atomic E-state index is -0.340. The normalized spacial score (nSPS) is 21.7. The fourth-order valence-corrected chi connectivity index (χ4v) is 4.63. The predicted molar refractivity (Wildman–Crippen MR) is 114 cm³/mol. The zero-order valence-corrected chi connectivity index (χ0v) is 17.4. The lowest BCUT2D eigenvalue weighted by Crippen LogP contribution is -2.37. The molecular formula is C22H24N6O3. The Hall–Kier alpha value is -3.62. The summed E-state index contributed by atoms with van der Waals surface area (Å²) >= 11 is 0. The highest BCUT2D eigenvalue weighted by Crippen LogP contribution is 2.45. The van der Waals surface area contributed by atoms with E-state index < -0.39 is 0 Å². The molecule has 1 saturated heterocycles. The number of hydrogen-bond acceptors (Lipinski definition) is 4. The van der Waals surface area contributed by atoms with Gasteiger partial charge < -0.3 is 20.5 Å². The van der Waals surface area contributed by atoms with Gasteiger partial charge in [-0.2, -0.15) is 5.10 Å². The Morgan fingerprint density at radius 2 is 1.94 bits per heavy atom. The number of nitrogens with one attached hydrogen (secondary N) is 3.